The average molecular weight is 261 g/mol. The minimum atomic E-state index is 0.134. The highest BCUT2D eigenvalue weighted by molar-refractivity contribution is 7.09. The lowest BCUT2D eigenvalue weighted by Gasteiger charge is -2.14. The Bertz CT molecular complexity index is 508. The Morgan fingerprint density at radius 2 is 1.83 bits per heavy atom. The van der Waals surface area contributed by atoms with Crippen LogP contribution >= 0.6 is 11.3 Å². The lowest BCUT2D eigenvalue weighted by atomic mass is 9.93. The Morgan fingerprint density at radius 3 is 2.33 bits per heavy atom. The van der Waals surface area contributed by atoms with Gasteiger partial charge >= 0.3 is 0 Å². The van der Waals surface area contributed by atoms with Crippen molar-refractivity contribution in [3.8, 4) is 5.75 Å². The first-order valence-corrected chi connectivity index (χ1v) is 6.95. The Labute approximate surface area is 113 Å². The zero-order valence-electron chi connectivity index (χ0n) is 11.4. The van der Waals surface area contributed by atoms with Crippen molar-refractivity contribution < 1.29 is 4.74 Å². The molecule has 1 heterocycles. The minimum Gasteiger partial charge on any atom is -0.497 e. The van der Waals surface area contributed by atoms with Crippen molar-refractivity contribution in [2.45, 2.75) is 32.6 Å². The molecule has 0 spiro atoms. The monoisotopic (exact) mass is 261 g/mol. The zero-order valence-corrected chi connectivity index (χ0v) is 12.2. The van der Waals surface area contributed by atoms with Gasteiger partial charge in [0.2, 0.25) is 0 Å². The molecule has 0 aliphatic heterocycles. The molecule has 2 nitrogen and oxygen atoms in total. The molecule has 0 saturated heterocycles. The second-order valence-electron chi connectivity index (χ2n) is 5.40. The molecule has 0 fully saturated rings. The van der Waals surface area contributed by atoms with E-state index in [2.05, 4.69) is 38.3 Å². The molecule has 0 saturated carbocycles. The lowest BCUT2D eigenvalue weighted by Crippen LogP contribution is -2.11. The Hall–Kier alpha value is -1.35. The van der Waals surface area contributed by atoms with Crippen LogP contribution in [0.5, 0.6) is 5.75 Å². The molecule has 1 aromatic heterocycles. The van der Waals surface area contributed by atoms with Gasteiger partial charge in [0.05, 0.1) is 17.8 Å². The van der Waals surface area contributed by atoms with Gasteiger partial charge < -0.3 is 4.74 Å². The number of hydrogen-bond donors (Lipinski definition) is 0. The topological polar surface area (TPSA) is 22.1 Å². The van der Waals surface area contributed by atoms with E-state index in [1.807, 2.05) is 12.1 Å². The van der Waals surface area contributed by atoms with Gasteiger partial charge in [-0.1, -0.05) is 32.9 Å². The molecule has 0 bridgehead atoms. The molecule has 2 aromatic rings. The van der Waals surface area contributed by atoms with Gasteiger partial charge in [-0.05, 0) is 17.7 Å². The van der Waals surface area contributed by atoms with Gasteiger partial charge in [-0.2, -0.15) is 0 Å². The summed E-state index contributed by atoms with van der Waals surface area (Å²) in [5, 5.41) is 3.34. The van der Waals surface area contributed by atoms with Gasteiger partial charge in [0, 0.05) is 17.2 Å². The predicted molar refractivity (Wildman–Crippen MR) is 76.6 cm³/mol. The molecule has 0 atom stereocenters. The van der Waals surface area contributed by atoms with E-state index in [4.69, 9.17) is 9.72 Å². The summed E-state index contributed by atoms with van der Waals surface area (Å²) in [6.45, 7) is 6.58. The largest absolute Gasteiger partial charge is 0.497 e. The van der Waals surface area contributed by atoms with Crippen molar-refractivity contribution in [3.63, 3.8) is 0 Å². The number of ether oxygens (including phenoxy) is 1. The van der Waals surface area contributed by atoms with Gasteiger partial charge in [-0.15, -0.1) is 11.3 Å². The molecular weight excluding hydrogens is 242 g/mol. The van der Waals surface area contributed by atoms with Crippen LogP contribution in [0.2, 0.25) is 0 Å². The number of methoxy groups -OCH3 is 1. The van der Waals surface area contributed by atoms with E-state index in [9.17, 15) is 0 Å². The van der Waals surface area contributed by atoms with Gasteiger partial charge in [0.15, 0.2) is 0 Å². The van der Waals surface area contributed by atoms with E-state index in [-0.39, 0.29) is 5.41 Å². The molecule has 1 aromatic carbocycles. The van der Waals surface area contributed by atoms with Crippen LogP contribution < -0.4 is 4.74 Å². The maximum Gasteiger partial charge on any atom is 0.118 e. The van der Waals surface area contributed by atoms with E-state index in [1.165, 1.54) is 16.3 Å². The van der Waals surface area contributed by atoms with Crippen LogP contribution in [0.1, 0.15) is 37.0 Å². The Kier molecular flexibility index (Phi) is 3.71. The number of rotatable bonds is 3. The molecule has 0 unspecified atom stereocenters. The van der Waals surface area contributed by atoms with Crippen LogP contribution in [0.25, 0.3) is 0 Å². The quantitative estimate of drug-likeness (QED) is 0.832. The SMILES string of the molecule is COc1ccc(Cc2nc(C(C)(C)C)cs2)cc1. The molecule has 18 heavy (non-hydrogen) atoms. The summed E-state index contributed by atoms with van der Waals surface area (Å²) in [7, 11) is 1.69. The van der Waals surface area contributed by atoms with Crippen molar-refractivity contribution in [1.82, 2.24) is 4.98 Å². The third kappa shape index (κ3) is 3.10. The average Bonchev–Trinajstić information content (AvgIpc) is 2.78. The number of hydrogen-bond acceptors (Lipinski definition) is 3. The molecule has 96 valence electrons. The Balaban J connectivity index is 2.11. The van der Waals surface area contributed by atoms with Crippen molar-refractivity contribution in [1.29, 1.82) is 0 Å². The van der Waals surface area contributed by atoms with E-state index in [1.54, 1.807) is 18.4 Å². The molecule has 0 aliphatic carbocycles. The number of thiazole rings is 1. The maximum absolute atomic E-state index is 5.16. The second kappa shape index (κ2) is 5.11. The van der Waals surface area contributed by atoms with Gasteiger partial charge in [-0.25, -0.2) is 4.98 Å². The highest BCUT2D eigenvalue weighted by Crippen LogP contribution is 2.25. The summed E-state index contributed by atoms with van der Waals surface area (Å²) >= 11 is 1.74. The minimum absolute atomic E-state index is 0.134. The number of nitrogens with zero attached hydrogens (tertiary/aromatic N) is 1. The van der Waals surface area contributed by atoms with Gasteiger partial charge in [0.1, 0.15) is 5.75 Å². The van der Waals surface area contributed by atoms with Gasteiger partial charge in [-0.3, -0.25) is 0 Å². The normalized spacial score (nSPS) is 11.6. The predicted octanol–water partition coefficient (Wildman–Crippen LogP) is 4.04. The molecule has 0 amide bonds. The van der Waals surface area contributed by atoms with Crippen molar-refractivity contribution in [3.05, 3.63) is 45.9 Å². The van der Waals surface area contributed by atoms with Crippen LogP contribution in [0.3, 0.4) is 0 Å². The van der Waals surface area contributed by atoms with Gasteiger partial charge in [0.25, 0.3) is 0 Å². The summed E-state index contributed by atoms with van der Waals surface area (Å²) in [6, 6.07) is 8.18. The second-order valence-corrected chi connectivity index (χ2v) is 6.34. The summed E-state index contributed by atoms with van der Waals surface area (Å²) in [6.07, 6.45) is 0.894. The smallest absolute Gasteiger partial charge is 0.118 e. The first-order valence-electron chi connectivity index (χ1n) is 6.07. The maximum atomic E-state index is 5.16. The van der Waals surface area contributed by atoms with Crippen molar-refractivity contribution in [2.75, 3.05) is 7.11 Å². The lowest BCUT2D eigenvalue weighted by molar-refractivity contribution is 0.414. The first kappa shape index (κ1) is 13.1. The molecule has 0 N–H and O–H groups in total. The summed E-state index contributed by atoms with van der Waals surface area (Å²) < 4.78 is 5.16. The molecule has 3 heteroatoms. The standard InChI is InChI=1S/C15H19NOS/c1-15(2,3)13-10-18-14(16-13)9-11-5-7-12(17-4)8-6-11/h5-8,10H,9H2,1-4H3. The van der Waals surface area contributed by atoms with Crippen LogP contribution in [-0.4, -0.2) is 12.1 Å². The molecule has 2 rings (SSSR count). The summed E-state index contributed by atoms with van der Waals surface area (Å²) in [5.74, 6) is 0.897. The van der Waals surface area contributed by atoms with E-state index >= 15 is 0 Å². The third-order valence-corrected chi connectivity index (χ3v) is 3.68. The van der Waals surface area contributed by atoms with Crippen molar-refractivity contribution >= 4 is 11.3 Å². The fraction of sp³-hybridized carbons (Fsp3) is 0.400. The zero-order chi connectivity index (χ0) is 13.2. The summed E-state index contributed by atoms with van der Waals surface area (Å²) in [4.78, 5) is 4.71. The fourth-order valence-corrected chi connectivity index (χ4v) is 2.71. The van der Waals surface area contributed by atoms with Crippen LogP contribution in [0.15, 0.2) is 29.6 Å². The number of aromatic nitrogens is 1. The fourth-order valence-electron chi connectivity index (χ4n) is 1.65. The van der Waals surface area contributed by atoms with Crippen molar-refractivity contribution in [2.24, 2.45) is 0 Å². The number of benzene rings is 1. The Morgan fingerprint density at radius 1 is 1.17 bits per heavy atom. The highest BCUT2D eigenvalue weighted by atomic mass is 32.1. The van der Waals surface area contributed by atoms with Crippen LogP contribution in [0.4, 0.5) is 0 Å². The van der Waals surface area contributed by atoms with E-state index in [0.29, 0.717) is 0 Å². The van der Waals surface area contributed by atoms with E-state index in [0.717, 1.165) is 12.2 Å². The summed E-state index contributed by atoms with van der Waals surface area (Å²) in [5.41, 5.74) is 2.58. The first-order chi connectivity index (χ1) is 8.49. The third-order valence-electron chi connectivity index (χ3n) is 2.83. The molecule has 0 aliphatic rings. The van der Waals surface area contributed by atoms with Crippen LogP contribution in [0, 0.1) is 0 Å². The van der Waals surface area contributed by atoms with E-state index < -0.39 is 0 Å². The molecule has 0 radical (unpaired) electrons. The molecular formula is C15H19NOS. The van der Waals surface area contributed by atoms with Crippen LogP contribution in [-0.2, 0) is 11.8 Å². The highest BCUT2D eigenvalue weighted by Gasteiger charge is 2.17.